The van der Waals surface area contributed by atoms with Crippen LogP contribution < -0.4 is 15.9 Å². The van der Waals surface area contributed by atoms with Crippen molar-refractivity contribution >= 4 is 17.3 Å². The molecule has 0 spiro atoms. The second-order valence-electron chi connectivity index (χ2n) is 9.67. The number of alkyl halides is 3. The smallest absolute Gasteiger partial charge is 0.457 e. The number of anilines is 1. The minimum atomic E-state index is -4.49. The van der Waals surface area contributed by atoms with Gasteiger partial charge in [0.1, 0.15) is 11.6 Å². The van der Waals surface area contributed by atoms with Crippen molar-refractivity contribution in [2.24, 2.45) is 7.05 Å². The molecular weight excluding hydrogens is 562 g/mol. The molecule has 41 heavy (non-hydrogen) atoms. The molecule has 2 aromatic carbocycles. The summed E-state index contributed by atoms with van der Waals surface area (Å²) in [6.45, 7) is 3.97. The largest absolute Gasteiger partial charge is 0.507 e. The number of phenols is 1. The summed E-state index contributed by atoms with van der Waals surface area (Å²) in [6.07, 6.45) is 1.75. The first-order valence-electron chi connectivity index (χ1n) is 13.0. The maximum absolute atomic E-state index is 14.9. The van der Waals surface area contributed by atoms with Crippen molar-refractivity contribution in [3.8, 4) is 33.7 Å². The van der Waals surface area contributed by atoms with Gasteiger partial charge < -0.3 is 14.6 Å². The number of rotatable bonds is 10. The van der Waals surface area contributed by atoms with Gasteiger partial charge in [-0.1, -0.05) is 31.0 Å². The van der Waals surface area contributed by atoms with Crippen LogP contribution in [0.25, 0.3) is 27.9 Å². The van der Waals surface area contributed by atoms with Crippen LogP contribution >= 0.6 is 11.6 Å². The van der Waals surface area contributed by atoms with Crippen molar-refractivity contribution in [3.05, 3.63) is 82.0 Å². The number of aromatic nitrogens is 3. The van der Waals surface area contributed by atoms with Crippen LogP contribution in [-0.2, 0) is 7.05 Å². The Balaban J connectivity index is 1.72. The minimum absolute atomic E-state index is 0.0706. The van der Waals surface area contributed by atoms with Crippen molar-refractivity contribution in [2.75, 3.05) is 24.5 Å². The molecule has 2 heterocycles. The summed E-state index contributed by atoms with van der Waals surface area (Å²) in [7, 11) is 1.61. The lowest BCUT2D eigenvalue weighted by molar-refractivity contribution is -0.156. The van der Waals surface area contributed by atoms with E-state index in [9.17, 15) is 27.5 Å². The number of phenolic OH excluding ortho intramolecular Hbond substituents is 1. The number of imidazole rings is 1. The highest BCUT2D eigenvalue weighted by Crippen LogP contribution is 2.41. The van der Waals surface area contributed by atoms with Crippen LogP contribution in [-0.4, -0.2) is 45.2 Å². The SMILES string of the molecule is CCCCN(CCNC(F)(F)F)c1cc(-c2cc(F)cc(-c3ccc(-n4ccn(C)c4=O)c(Cl)c3)c2O)cnc1C. The highest BCUT2D eigenvalue weighted by atomic mass is 35.5. The summed E-state index contributed by atoms with van der Waals surface area (Å²) in [5.41, 5.74) is 2.47. The monoisotopic (exact) mass is 591 g/mol. The van der Waals surface area contributed by atoms with Gasteiger partial charge in [0.25, 0.3) is 0 Å². The average Bonchev–Trinajstić information content (AvgIpc) is 3.24. The number of aryl methyl sites for hydroxylation is 2. The van der Waals surface area contributed by atoms with E-state index in [0.29, 0.717) is 34.7 Å². The van der Waals surface area contributed by atoms with E-state index in [1.54, 1.807) is 54.8 Å². The summed E-state index contributed by atoms with van der Waals surface area (Å²) >= 11 is 6.49. The van der Waals surface area contributed by atoms with Gasteiger partial charge in [0.05, 0.1) is 22.1 Å². The summed E-state index contributed by atoms with van der Waals surface area (Å²) < 4.78 is 55.8. The fourth-order valence-corrected chi connectivity index (χ4v) is 4.85. The van der Waals surface area contributed by atoms with Crippen molar-refractivity contribution < 1.29 is 22.7 Å². The molecule has 4 rings (SSSR count). The van der Waals surface area contributed by atoms with Crippen molar-refractivity contribution in [2.45, 2.75) is 33.0 Å². The predicted molar refractivity (Wildman–Crippen MR) is 152 cm³/mol. The summed E-state index contributed by atoms with van der Waals surface area (Å²) in [5, 5.41) is 13.0. The third-order valence-electron chi connectivity index (χ3n) is 6.74. The van der Waals surface area contributed by atoms with E-state index in [1.165, 1.54) is 33.5 Å². The first-order valence-corrected chi connectivity index (χ1v) is 13.4. The lowest BCUT2D eigenvalue weighted by atomic mass is 9.97. The molecule has 0 aliphatic rings. The fraction of sp³-hybridized carbons (Fsp3) is 0.310. The lowest BCUT2D eigenvalue weighted by Crippen LogP contribution is -2.39. The first kappa shape index (κ1) is 30.1. The number of benzene rings is 2. The van der Waals surface area contributed by atoms with Crippen molar-refractivity contribution in [3.63, 3.8) is 0 Å². The van der Waals surface area contributed by atoms with E-state index < -0.39 is 12.1 Å². The van der Waals surface area contributed by atoms with E-state index in [1.807, 2.05) is 6.92 Å². The van der Waals surface area contributed by atoms with Crippen molar-refractivity contribution in [1.82, 2.24) is 19.4 Å². The molecule has 2 N–H and O–H groups in total. The normalized spacial score (nSPS) is 11.7. The third-order valence-corrected chi connectivity index (χ3v) is 7.04. The van der Waals surface area contributed by atoms with Gasteiger partial charge in [0.2, 0.25) is 0 Å². The summed E-state index contributed by atoms with van der Waals surface area (Å²) in [5.74, 6) is -0.839. The number of halogens is 5. The number of pyridine rings is 1. The molecule has 2 aromatic heterocycles. The van der Waals surface area contributed by atoms with Crippen LogP contribution in [0.4, 0.5) is 23.2 Å². The third kappa shape index (κ3) is 6.91. The standard InChI is InChI=1S/C29H30ClF4N5O2/c1-4-5-9-38(10-8-36-29(32,33)34)26-14-20(17-35-18(26)2)23-16-21(31)15-22(27(23)40)19-6-7-25(24(30)13-19)39-12-11-37(3)28(39)41/h6-7,11-17,36,40H,4-5,8-10H2,1-3H3. The highest BCUT2D eigenvalue weighted by Gasteiger charge is 2.26. The second-order valence-corrected chi connectivity index (χ2v) is 10.1. The molecule has 0 fully saturated rings. The van der Waals surface area contributed by atoms with Gasteiger partial charge in [0.15, 0.2) is 0 Å². The zero-order valence-electron chi connectivity index (χ0n) is 22.8. The summed E-state index contributed by atoms with van der Waals surface area (Å²) in [4.78, 5) is 18.6. The van der Waals surface area contributed by atoms with Gasteiger partial charge in [-0.15, -0.1) is 0 Å². The number of hydrogen-bond donors (Lipinski definition) is 2. The Morgan fingerprint density at radius 3 is 2.39 bits per heavy atom. The molecule has 0 atom stereocenters. The fourth-order valence-electron chi connectivity index (χ4n) is 4.58. The molecule has 7 nitrogen and oxygen atoms in total. The highest BCUT2D eigenvalue weighted by molar-refractivity contribution is 6.32. The molecule has 4 aromatic rings. The Morgan fingerprint density at radius 1 is 1.07 bits per heavy atom. The zero-order chi connectivity index (χ0) is 29.9. The van der Waals surface area contributed by atoms with Crippen LogP contribution in [0.5, 0.6) is 5.75 Å². The van der Waals surface area contributed by atoms with Gasteiger partial charge in [-0.2, -0.15) is 13.2 Å². The Hall–Kier alpha value is -3.83. The maximum atomic E-state index is 14.9. The van der Waals surface area contributed by atoms with Crippen LogP contribution in [0.3, 0.4) is 0 Å². The molecule has 0 unspecified atom stereocenters. The lowest BCUT2D eigenvalue weighted by Gasteiger charge is -2.27. The Morgan fingerprint density at radius 2 is 1.78 bits per heavy atom. The van der Waals surface area contributed by atoms with E-state index in [-0.39, 0.29) is 40.7 Å². The maximum Gasteiger partial charge on any atom is 0.457 e. The molecule has 0 amide bonds. The number of nitrogens with one attached hydrogen (secondary N) is 1. The van der Waals surface area contributed by atoms with E-state index >= 15 is 0 Å². The number of hydrogen-bond acceptors (Lipinski definition) is 5. The van der Waals surface area contributed by atoms with Gasteiger partial charge in [-0.05, 0) is 49.2 Å². The zero-order valence-corrected chi connectivity index (χ0v) is 23.5. The molecule has 0 aliphatic heterocycles. The number of aromatic hydroxyl groups is 1. The topological polar surface area (TPSA) is 75.3 Å². The van der Waals surface area contributed by atoms with Gasteiger partial charge in [-0.25, -0.2) is 14.5 Å². The summed E-state index contributed by atoms with van der Waals surface area (Å²) in [6, 6.07) is 8.82. The molecule has 0 bridgehead atoms. The molecule has 0 saturated heterocycles. The molecule has 0 radical (unpaired) electrons. The van der Waals surface area contributed by atoms with Crippen LogP contribution in [0.1, 0.15) is 25.5 Å². The Kier molecular flexibility index (Phi) is 9.08. The predicted octanol–water partition coefficient (Wildman–Crippen LogP) is 6.43. The van der Waals surface area contributed by atoms with Crippen LogP contribution in [0.15, 0.2) is 59.8 Å². The second kappa shape index (κ2) is 12.4. The molecule has 218 valence electrons. The van der Waals surface area contributed by atoms with E-state index in [4.69, 9.17) is 11.6 Å². The Bertz CT molecular complexity index is 1600. The molecule has 12 heteroatoms. The Labute approximate surface area is 239 Å². The van der Waals surface area contributed by atoms with Crippen LogP contribution in [0, 0.1) is 12.7 Å². The number of nitrogens with zero attached hydrogens (tertiary/aromatic N) is 4. The molecular formula is C29H30ClF4N5O2. The van der Waals surface area contributed by atoms with Gasteiger partial charge in [0, 0.05) is 62.0 Å². The van der Waals surface area contributed by atoms with Crippen molar-refractivity contribution in [1.29, 1.82) is 0 Å². The van der Waals surface area contributed by atoms with E-state index in [0.717, 1.165) is 12.8 Å². The minimum Gasteiger partial charge on any atom is -0.507 e. The molecule has 0 aliphatic carbocycles. The number of unbranched alkanes of at least 4 members (excludes halogenated alkanes) is 1. The molecule has 0 saturated carbocycles. The van der Waals surface area contributed by atoms with E-state index in [2.05, 4.69) is 4.98 Å². The average molecular weight is 592 g/mol. The first-order chi connectivity index (χ1) is 19.4. The van der Waals surface area contributed by atoms with Gasteiger partial charge >= 0.3 is 12.0 Å². The van der Waals surface area contributed by atoms with Gasteiger partial charge in [-0.3, -0.25) is 9.55 Å². The quantitative estimate of drug-likeness (QED) is 0.164. The van der Waals surface area contributed by atoms with Crippen LogP contribution in [0.2, 0.25) is 5.02 Å².